The molecule has 320 valence electrons. The maximum Gasteiger partial charge on any atom is 0.0503 e. The van der Waals surface area contributed by atoms with Crippen LogP contribution in [0.4, 0.5) is 51.2 Å². The molecule has 9 aromatic rings. The first kappa shape index (κ1) is 39.9. The van der Waals surface area contributed by atoms with Crippen molar-refractivity contribution in [1.29, 1.82) is 0 Å². The molecule has 0 spiro atoms. The molecule has 3 aliphatic rings. The largest absolute Gasteiger partial charge is 0.310 e. The first-order valence-electron chi connectivity index (χ1n) is 23.4. The van der Waals surface area contributed by atoms with Crippen molar-refractivity contribution in [1.82, 2.24) is 0 Å². The van der Waals surface area contributed by atoms with Gasteiger partial charge < -0.3 is 14.7 Å². The quantitative estimate of drug-likeness (QED) is 0.171. The van der Waals surface area contributed by atoms with Crippen LogP contribution in [-0.2, 0) is 16.2 Å². The summed E-state index contributed by atoms with van der Waals surface area (Å²) in [5.74, 6) is 0. The van der Waals surface area contributed by atoms with Crippen LogP contribution in [0.5, 0.6) is 0 Å². The van der Waals surface area contributed by atoms with E-state index in [-0.39, 0.29) is 16.2 Å². The van der Waals surface area contributed by atoms with Crippen LogP contribution >= 0.6 is 0 Å². The summed E-state index contributed by atoms with van der Waals surface area (Å²) in [5.41, 5.74) is 23.0. The second-order valence-electron chi connectivity index (χ2n) is 19.8. The predicted molar refractivity (Wildman–Crippen MR) is 278 cm³/mol. The van der Waals surface area contributed by atoms with Gasteiger partial charge in [-0.2, -0.15) is 0 Å². The summed E-state index contributed by atoms with van der Waals surface area (Å²) < 4.78 is 0. The van der Waals surface area contributed by atoms with E-state index < -0.39 is 0 Å². The van der Waals surface area contributed by atoms with Gasteiger partial charge >= 0.3 is 0 Å². The Balaban J connectivity index is 0.987. The second kappa shape index (κ2) is 14.7. The molecule has 0 fully saturated rings. The summed E-state index contributed by atoms with van der Waals surface area (Å²) in [6.45, 7) is 14.3. The molecule has 0 amide bonds. The van der Waals surface area contributed by atoms with E-state index in [9.17, 15) is 0 Å². The van der Waals surface area contributed by atoms with Crippen molar-refractivity contribution in [3.63, 3.8) is 0 Å². The Morgan fingerprint density at radius 3 is 0.742 bits per heavy atom. The monoisotopic (exact) mass is 851 g/mol. The fraction of sp³-hybridized carbons (Fsp3) is 0.143. The highest BCUT2D eigenvalue weighted by atomic mass is 15.2. The highest BCUT2D eigenvalue weighted by Crippen LogP contribution is 2.57. The van der Waals surface area contributed by atoms with Gasteiger partial charge in [-0.25, -0.2) is 0 Å². The molecule has 0 atom stereocenters. The Morgan fingerprint density at radius 1 is 0.227 bits per heavy atom. The molecule has 0 bridgehead atoms. The van der Waals surface area contributed by atoms with Gasteiger partial charge in [0.1, 0.15) is 0 Å². The van der Waals surface area contributed by atoms with Gasteiger partial charge in [-0.05, 0) is 153 Å². The lowest BCUT2D eigenvalue weighted by molar-refractivity contribution is 0.630. The molecule has 12 rings (SSSR count). The van der Waals surface area contributed by atoms with Gasteiger partial charge in [0, 0.05) is 33.3 Å². The Morgan fingerprint density at radius 2 is 0.455 bits per heavy atom. The highest BCUT2D eigenvalue weighted by Gasteiger charge is 2.41. The number of anilines is 9. The number of para-hydroxylation sites is 5. The van der Waals surface area contributed by atoms with Crippen molar-refractivity contribution in [3.05, 3.63) is 246 Å². The van der Waals surface area contributed by atoms with Crippen molar-refractivity contribution in [2.24, 2.45) is 0 Å². The van der Waals surface area contributed by atoms with Crippen LogP contribution in [-0.4, -0.2) is 0 Å². The number of hydrogen-bond donors (Lipinski definition) is 0. The summed E-state index contributed by atoms with van der Waals surface area (Å²) in [5, 5.41) is 0. The molecule has 3 heteroatoms. The van der Waals surface area contributed by atoms with Crippen molar-refractivity contribution in [2.75, 3.05) is 14.7 Å². The highest BCUT2D eigenvalue weighted by molar-refractivity contribution is 5.92. The summed E-state index contributed by atoms with van der Waals surface area (Å²) in [6, 6.07) is 78.8. The molecule has 3 aliphatic heterocycles. The third-order valence-electron chi connectivity index (χ3n) is 15.0. The fourth-order valence-electron chi connectivity index (χ4n) is 11.4. The van der Waals surface area contributed by atoms with Gasteiger partial charge in [0.05, 0.1) is 34.1 Å². The summed E-state index contributed by atoms with van der Waals surface area (Å²) in [4.78, 5) is 7.34. The van der Waals surface area contributed by atoms with Gasteiger partial charge in [-0.15, -0.1) is 0 Å². The van der Waals surface area contributed by atoms with Crippen LogP contribution in [0.3, 0.4) is 0 Å². The zero-order chi connectivity index (χ0) is 45.0. The minimum absolute atomic E-state index is 0.199. The Bertz CT molecular complexity index is 3140. The Hall–Kier alpha value is -7.62. The molecular weight excluding hydrogens is 799 g/mol. The molecule has 3 heterocycles. The molecule has 0 radical (unpaired) electrons. The first-order chi connectivity index (χ1) is 32.0. The van der Waals surface area contributed by atoms with Crippen LogP contribution < -0.4 is 14.7 Å². The summed E-state index contributed by atoms with van der Waals surface area (Å²) in [6.07, 6.45) is 0. The molecule has 0 aliphatic carbocycles. The van der Waals surface area contributed by atoms with Crippen LogP contribution in [0.2, 0.25) is 0 Å². The smallest absolute Gasteiger partial charge is 0.0503 e. The number of benzene rings is 9. The molecule has 0 unspecified atom stereocenters. The topological polar surface area (TPSA) is 9.72 Å². The van der Waals surface area contributed by atoms with E-state index in [1.54, 1.807) is 0 Å². The average Bonchev–Trinajstić information content (AvgIpc) is 3.35. The zero-order valence-electron chi connectivity index (χ0n) is 38.5. The molecule has 3 nitrogen and oxygen atoms in total. The van der Waals surface area contributed by atoms with E-state index in [0.717, 1.165) is 5.69 Å². The van der Waals surface area contributed by atoms with Gasteiger partial charge in [0.2, 0.25) is 0 Å². The van der Waals surface area contributed by atoms with Crippen molar-refractivity contribution in [3.8, 4) is 22.3 Å². The van der Waals surface area contributed by atoms with E-state index in [4.69, 9.17) is 0 Å². The van der Waals surface area contributed by atoms with E-state index >= 15 is 0 Å². The maximum absolute atomic E-state index is 2.47. The third-order valence-corrected chi connectivity index (χ3v) is 15.0. The lowest BCUT2D eigenvalue weighted by atomic mass is 9.71. The minimum Gasteiger partial charge on any atom is -0.310 e. The minimum atomic E-state index is -0.310. The predicted octanol–water partition coefficient (Wildman–Crippen LogP) is 17.3. The van der Waals surface area contributed by atoms with Crippen molar-refractivity contribution < 1.29 is 0 Å². The van der Waals surface area contributed by atoms with Crippen molar-refractivity contribution in [2.45, 2.75) is 57.8 Å². The molecular formula is C63H53N3. The van der Waals surface area contributed by atoms with Gasteiger partial charge in [0.25, 0.3) is 0 Å². The Labute approximate surface area is 389 Å². The molecule has 0 saturated carbocycles. The summed E-state index contributed by atoms with van der Waals surface area (Å²) >= 11 is 0. The maximum atomic E-state index is 2.47. The number of hydrogen-bond acceptors (Lipinski definition) is 3. The number of nitrogens with zero attached hydrogens (tertiary/aromatic N) is 3. The molecule has 0 aromatic heterocycles. The summed E-state index contributed by atoms with van der Waals surface area (Å²) in [7, 11) is 0. The van der Waals surface area contributed by atoms with Gasteiger partial charge in [-0.1, -0.05) is 157 Å². The standard InChI is InChI=1S/C63H53N3/c1-61(2)49-26-16-18-28-55(49)64(46-20-10-7-11-21-46)57-34-30-42(38-51(57)61)44-32-36-59-53(40-44)63(5,6)54-41-45(33-37-60(54)66(59)48-24-14-9-15-25-48)43-31-35-58-52(39-43)62(3,4)50-27-17-19-29-56(50)65(58)47-22-12-8-13-23-47/h7-41H,1-6H3. The van der Waals surface area contributed by atoms with E-state index in [0.29, 0.717) is 0 Å². The first-order valence-corrected chi connectivity index (χ1v) is 23.4. The normalized spacial score (nSPS) is 15.7. The second-order valence-corrected chi connectivity index (χ2v) is 19.8. The van der Waals surface area contributed by atoms with E-state index in [1.807, 2.05) is 0 Å². The average molecular weight is 852 g/mol. The van der Waals surface area contributed by atoms with Gasteiger partial charge in [0.15, 0.2) is 0 Å². The van der Waals surface area contributed by atoms with Crippen molar-refractivity contribution >= 4 is 51.2 Å². The van der Waals surface area contributed by atoms with E-state index in [2.05, 4.69) is 269 Å². The molecule has 66 heavy (non-hydrogen) atoms. The third kappa shape index (κ3) is 5.96. The van der Waals surface area contributed by atoms with E-state index in [1.165, 1.54) is 101 Å². The number of rotatable bonds is 5. The zero-order valence-corrected chi connectivity index (χ0v) is 38.5. The molecule has 9 aromatic carbocycles. The van der Waals surface area contributed by atoms with Crippen LogP contribution in [0.25, 0.3) is 22.3 Å². The fourth-order valence-corrected chi connectivity index (χ4v) is 11.4. The molecule has 0 saturated heterocycles. The van der Waals surface area contributed by atoms with Crippen LogP contribution in [0.15, 0.2) is 212 Å². The lowest BCUT2D eigenvalue weighted by Crippen LogP contribution is -2.31. The van der Waals surface area contributed by atoms with Crippen LogP contribution in [0, 0.1) is 0 Å². The van der Waals surface area contributed by atoms with Gasteiger partial charge in [-0.3, -0.25) is 0 Å². The lowest BCUT2D eigenvalue weighted by Gasteiger charge is -2.43. The Kier molecular flexibility index (Phi) is 8.90. The van der Waals surface area contributed by atoms with Crippen LogP contribution in [0.1, 0.15) is 74.9 Å². The number of fused-ring (bicyclic) bond motifs is 6. The molecule has 0 N–H and O–H groups in total. The SMILES string of the molecule is CC1(C)c2ccccc2N(c2ccccc2)c2ccc(-c3ccc4c(c3)C(C)(C)c3cc(-c5ccc6c(c5)C(C)(C)c5ccccc5N6c5ccccc5)ccc3N4c3ccccc3)cc21.